The summed E-state index contributed by atoms with van der Waals surface area (Å²) in [4.78, 5) is 114. The Hall–Kier alpha value is -4.81. The molecule has 0 radical (unpaired) electrons. The molecule has 2 heterocycles. The molecule has 10 N–H and O–H groups in total. The molecule has 0 spiro atoms. The summed E-state index contributed by atoms with van der Waals surface area (Å²) in [6, 6.07) is -6.62. The summed E-state index contributed by atoms with van der Waals surface area (Å²) in [7, 11) is 0. The monoisotopic (exact) mass is 680 g/mol. The lowest BCUT2D eigenvalue weighted by Crippen LogP contribution is -2.57. The van der Waals surface area contributed by atoms with Crippen LogP contribution in [0.15, 0.2) is 0 Å². The van der Waals surface area contributed by atoms with Crippen LogP contribution < -0.4 is 43.4 Å². The van der Waals surface area contributed by atoms with Crippen LogP contribution in [0.25, 0.3) is 0 Å². The van der Waals surface area contributed by atoms with Gasteiger partial charge in [-0.25, -0.2) is 0 Å². The lowest BCUT2D eigenvalue weighted by Gasteiger charge is -2.28. The van der Waals surface area contributed by atoms with Gasteiger partial charge in [-0.1, -0.05) is 0 Å². The van der Waals surface area contributed by atoms with Crippen LogP contribution in [0.4, 0.5) is 0 Å². The van der Waals surface area contributed by atoms with E-state index in [-0.39, 0.29) is 13.1 Å². The third-order valence-electron chi connectivity index (χ3n) is 7.99. The molecule has 7 atom stereocenters. The maximum Gasteiger partial charge on any atom is 0.245 e. The number of rotatable bonds is 15. The average Bonchev–Trinajstić information content (AvgIpc) is 3.72. The van der Waals surface area contributed by atoms with Gasteiger partial charge in [0.05, 0.1) is 19.1 Å². The molecule has 268 valence electrons. The summed E-state index contributed by atoms with van der Waals surface area (Å²) in [5, 5.41) is 14.6. The number of carbonyl (C=O) groups is 9. The zero-order valence-electron chi connectivity index (χ0n) is 27.9. The van der Waals surface area contributed by atoms with Crippen molar-refractivity contribution in [3.63, 3.8) is 0 Å². The second-order valence-corrected chi connectivity index (χ2v) is 12.0. The maximum atomic E-state index is 13.2. The van der Waals surface area contributed by atoms with Crippen molar-refractivity contribution in [1.29, 1.82) is 0 Å². The summed E-state index contributed by atoms with van der Waals surface area (Å²) in [5.74, 6) is -5.43. The molecule has 0 bridgehead atoms. The first-order valence-electron chi connectivity index (χ1n) is 15.8. The first kappa shape index (κ1) is 39.4. The highest BCUT2D eigenvalue weighted by atomic mass is 16.2. The molecule has 19 nitrogen and oxygen atoms in total. The number of hydrogen-bond acceptors (Lipinski definition) is 10. The molecule has 2 saturated heterocycles. The number of hydrogen-bond donors (Lipinski definition) is 8. The number of nitrogens with zero attached hydrogens (tertiary/aromatic N) is 2. The molecule has 0 aliphatic carbocycles. The second-order valence-electron chi connectivity index (χ2n) is 12.0. The largest absolute Gasteiger partial charge is 0.368 e. The van der Waals surface area contributed by atoms with Crippen molar-refractivity contribution in [2.24, 2.45) is 11.5 Å². The van der Waals surface area contributed by atoms with E-state index in [0.29, 0.717) is 32.2 Å². The van der Waals surface area contributed by atoms with Gasteiger partial charge in [-0.2, -0.15) is 0 Å². The van der Waals surface area contributed by atoms with Crippen molar-refractivity contribution in [3.05, 3.63) is 0 Å². The van der Waals surface area contributed by atoms with E-state index in [4.69, 9.17) is 11.5 Å². The molecule has 0 aromatic heterocycles. The van der Waals surface area contributed by atoms with Gasteiger partial charge in [0, 0.05) is 13.1 Å². The lowest BCUT2D eigenvalue weighted by atomic mass is 10.1. The van der Waals surface area contributed by atoms with Gasteiger partial charge in [0.15, 0.2) is 0 Å². The van der Waals surface area contributed by atoms with Crippen molar-refractivity contribution in [1.82, 2.24) is 41.7 Å². The van der Waals surface area contributed by atoms with Gasteiger partial charge in [-0.15, -0.1) is 0 Å². The predicted molar refractivity (Wildman–Crippen MR) is 169 cm³/mol. The second kappa shape index (κ2) is 17.9. The first-order valence-corrected chi connectivity index (χ1v) is 15.8. The van der Waals surface area contributed by atoms with E-state index in [2.05, 4.69) is 31.9 Å². The quantitative estimate of drug-likeness (QED) is 0.0815. The molecule has 2 aliphatic rings. The van der Waals surface area contributed by atoms with E-state index in [9.17, 15) is 43.2 Å². The van der Waals surface area contributed by atoms with Crippen LogP contribution in [0.5, 0.6) is 0 Å². The fraction of sp³-hybridized carbons (Fsp3) is 0.690. The Kier molecular flexibility index (Phi) is 14.7. The SMILES string of the molecule is C[C@H](NC(=O)CNC(=O)[C@H](C)NC(=O)[C@@H](C)N)C(=O)N[C@@H](C)C(=O)N[C@@H](C)C(=O)N1CCC[C@H]1C(=O)NCC(=O)N1CCC[C@H]1C(N)=O. The Balaban J connectivity index is 1.80. The minimum absolute atomic E-state index is 0.255. The molecule has 2 rings (SSSR count). The predicted octanol–water partition coefficient (Wildman–Crippen LogP) is -4.95. The van der Waals surface area contributed by atoms with Gasteiger partial charge in [-0.05, 0) is 60.3 Å². The molecule has 0 aromatic carbocycles. The minimum atomic E-state index is -1.11. The van der Waals surface area contributed by atoms with Crippen LogP contribution in [0.1, 0.15) is 60.3 Å². The number of nitrogens with one attached hydrogen (secondary N) is 6. The fourth-order valence-corrected chi connectivity index (χ4v) is 5.19. The van der Waals surface area contributed by atoms with E-state index in [1.54, 1.807) is 0 Å². The van der Waals surface area contributed by atoms with Crippen LogP contribution in [0.3, 0.4) is 0 Å². The molecular formula is C29H48N10O9. The molecule has 9 amide bonds. The highest BCUT2D eigenvalue weighted by Gasteiger charge is 2.38. The smallest absolute Gasteiger partial charge is 0.245 e. The number of carbonyl (C=O) groups excluding carboxylic acids is 9. The number of amides is 9. The van der Waals surface area contributed by atoms with E-state index in [0.717, 1.165) is 0 Å². The fourth-order valence-electron chi connectivity index (χ4n) is 5.19. The molecule has 48 heavy (non-hydrogen) atoms. The Bertz CT molecular complexity index is 1280. The Labute approximate surface area is 278 Å². The zero-order valence-corrected chi connectivity index (χ0v) is 27.9. The highest BCUT2D eigenvalue weighted by Crippen LogP contribution is 2.19. The Morgan fingerprint density at radius 3 is 1.71 bits per heavy atom. The average molecular weight is 681 g/mol. The van der Waals surface area contributed by atoms with Gasteiger partial charge in [-0.3, -0.25) is 43.2 Å². The molecule has 0 aromatic rings. The van der Waals surface area contributed by atoms with Crippen LogP contribution in [-0.2, 0) is 43.2 Å². The van der Waals surface area contributed by atoms with Gasteiger partial charge in [0.25, 0.3) is 0 Å². The summed E-state index contributed by atoms with van der Waals surface area (Å²) >= 11 is 0. The number of nitrogens with two attached hydrogens (primary N) is 2. The van der Waals surface area contributed by atoms with Crippen LogP contribution in [-0.4, -0.2) is 131 Å². The Morgan fingerprint density at radius 2 is 1.12 bits per heavy atom. The minimum Gasteiger partial charge on any atom is -0.368 e. The molecule has 0 unspecified atom stereocenters. The van der Waals surface area contributed by atoms with Crippen molar-refractivity contribution >= 4 is 53.2 Å². The van der Waals surface area contributed by atoms with Crippen LogP contribution in [0.2, 0.25) is 0 Å². The van der Waals surface area contributed by atoms with Gasteiger partial charge in [0.2, 0.25) is 53.2 Å². The molecule has 0 saturated carbocycles. The number of primary amides is 1. The summed E-state index contributed by atoms with van der Waals surface area (Å²) in [6.07, 6.45) is 1.96. The lowest BCUT2D eigenvalue weighted by molar-refractivity contribution is -0.142. The molecule has 2 fully saturated rings. The topological polar surface area (TPSA) is 284 Å². The maximum absolute atomic E-state index is 13.2. The van der Waals surface area contributed by atoms with Crippen LogP contribution in [0, 0.1) is 0 Å². The normalized spacial score (nSPS) is 20.3. The molecule has 19 heteroatoms. The standard InChI is InChI=1S/C29H48N10O9/c1-14(30)24(43)35-15(2)25(44)32-12-21(40)34-16(3)26(45)36-17(4)27(46)37-18(5)29(48)39-11-7-9-20(39)28(47)33-13-22(41)38-10-6-8-19(38)23(31)42/h14-20H,6-13,30H2,1-5H3,(H2,31,42)(H,32,44)(H,33,47)(H,34,40)(H,35,43)(H,36,45)(H,37,46)/t14-,15+,16+,17+,18+,19+,20+/m1/s1. The molecule has 2 aliphatic heterocycles. The van der Waals surface area contributed by atoms with Gasteiger partial charge < -0.3 is 53.2 Å². The highest BCUT2D eigenvalue weighted by molar-refractivity contribution is 5.97. The molecular weight excluding hydrogens is 632 g/mol. The van der Waals surface area contributed by atoms with E-state index >= 15 is 0 Å². The van der Waals surface area contributed by atoms with Crippen LogP contribution >= 0.6 is 0 Å². The number of likely N-dealkylation sites (tertiary alicyclic amines) is 2. The van der Waals surface area contributed by atoms with Gasteiger partial charge >= 0.3 is 0 Å². The third-order valence-corrected chi connectivity index (χ3v) is 7.99. The first-order chi connectivity index (χ1) is 22.4. The zero-order chi connectivity index (χ0) is 36.3. The summed E-state index contributed by atoms with van der Waals surface area (Å²) in [5.41, 5.74) is 10.8. The van der Waals surface area contributed by atoms with E-state index in [1.807, 2.05) is 0 Å². The summed E-state index contributed by atoms with van der Waals surface area (Å²) in [6.45, 7) is 6.82. The summed E-state index contributed by atoms with van der Waals surface area (Å²) < 4.78 is 0. The van der Waals surface area contributed by atoms with E-state index in [1.165, 1.54) is 44.4 Å². The van der Waals surface area contributed by atoms with Crippen molar-refractivity contribution < 1.29 is 43.2 Å². The van der Waals surface area contributed by atoms with Crippen molar-refractivity contribution in [2.75, 3.05) is 26.2 Å². The third kappa shape index (κ3) is 11.2. The van der Waals surface area contributed by atoms with E-state index < -0.39 is 102 Å². The Morgan fingerprint density at radius 1 is 0.625 bits per heavy atom. The van der Waals surface area contributed by atoms with Gasteiger partial charge in [0.1, 0.15) is 36.3 Å². The van der Waals surface area contributed by atoms with Crippen molar-refractivity contribution in [3.8, 4) is 0 Å². The van der Waals surface area contributed by atoms with Crippen molar-refractivity contribution in [2.45, 2.75) is 103 Å².